The molecule has 0 bridgehead atoms. The molecule has 10 heteroatoms. The van der Waals surface area contributed by atoms with Gasteiger partial charge in [-0.1, -0.05) is 49.2 Å². The number of aromatic nitrogens is 1. The molecule has 0 radical (unpaired) electrons. The van der Waals surface area contributed by atoms with Gasteiger partial charge in [0.25, 0.3) is 5.91 Å². The number of alkyl halides is 3. The zero-order valence-corrected chi connectivity index (χ0v) is 18.7. The van der Waals surface area contributed by atoms with E-state index < -0.39 is 17.8 Å². The maximum Gasteiger partial charge on any atom is 0.433 e. The first-order valence-corrected chi connectivity index (χ1v) is 10.6. The van der Waals surface area contributed by atoms with Crippen LogP contribution in [0.1, 0.15) is 41.5 Å². The number of hydrogen-bond acceptors (Lipinski definition) is 4. The van der Waals surface area contributed by atoms with Crippen molar-refractivity contribution in [2.24, 2.45) is 0 Å². The Kier molecular flexibility index (Phi) is 9.55. The van der Waals surface area contributed by atoms with Gasteiger partial charge < -0.3 is 10.1 Å². The maximum atomic E-state index is 12.8. The number of pyridine rings is 1. The Hall–Kier alpha value is -1.87. The van der Waals surface area contributed by atoms with E-state index in [9.17, 15) is 18.0 Å². The van der Waals surface area contributed by atoms with Gasteiger partial charge in [0.05, 0.1) is 34.9 Å². The Balaban J connectivity index is 0.00000166. The predicted molar refractivity (Wildman–Crippen MR) is 115 cm³/mol. The number of carbonyl (C=O) groups is 1. The summed E-state index contributed by atoms with van der Waals surface area (Å²) in [6.07, 6.45) is -3.31. The van der Waals surface area contributed by atoms with Crippen LogP contribution in [0.2, 0.25) is 10.0 Å². The Labute approximate surface area is 189 Å². The third-order valence-corrected chi connectivity index (χ3v) is 5.42. The van der Waals surface area contributed by atoms with Crippen LogP contribution in [0.15, 0.2) is 36.5 Å². The molecule has 1 aliphatic rings. The molecule has 0 spiro atoms. The highest BCUT2D eigenvalue weighted by Gasteiger charge is 2.33. The first-order valence-electron chi connectivity index (χ1n) is 9.84. The van der Waals surface area contributed by atoms with Crippen LogP contribution in [0.3, 0.4) is 0 Å². The molecule has 170 valence electrons. The zero-order chi connectivity index (χ0) is 23.0. The molecule has 1 unspecified atom stereocenters. The van der Waals surface area contributed by atoms with Gasteiger partial charge in [0, 0.05) is 25.8 Å². The second-order valence-electron chi connectivity index (χ2n) is 6.45. The second kappa shape index (κ2) is 11.7. The number of halogens is 5. The van der Waals surface area contributed by atoms with Crippen molar-refractivity contribution in [3.8, 4) is 0 Å². The van der Waals surface area contributed by atoms with Crippen molar-refractivity contribution < 1.29 is 22.7 Å². The van der Waals surface area contributed by atoms with Gasteiger partial charge in [0.15, 0.2) is 0 Å². The summed E-state index contributed by atoms with van der Waals surface area (Å²) in [6, 6.07) is 6.70. The van der Waals surface area contributed by atoms with Crippen LogP contribution in [0.4, 0.5) is 13.2 Å². The van der Waals surface area contributed by atoms with E-state index in [1.807, 2.05) is 18.7 Å². The molecule has 2 heterocycles. The molecule has 1 amide bonds. The largest absolute Gasteiger partial charge is 0.433 e. The molecule has 5 nitrogen and oxygen atoms in total. The topological polar surface area (TPSA) is 54.5 Å². The summed E-state index contributed by atoms with van der Waals surface area (Å²) in [5.41, 5.74) is -0.167. The molecule has 1 atom stereocenters. The SMILES string of the molecule is CC.O=C(NCC(c1ccc(C(F)(F)F)nc1)N1CCOCC1)c1cccc(Cl)c1Cl. The minimum atomic E-state index is -4.51. The fraction of sp³-hybridized carbons (Fsp3) is 0.429. The minimum absolute atomic E-state index is 0.144. The van der Waals surface area contributed by atoms with E-state index in [1.165, 1.54) is 12.3 Å². The van der Waals surface area contributed by atoms with E-state index >= 15 is 0 Å². The molecule has 1 fully saturated rings. The minimum Gasteiger partial charge on any atom is -0.379 e. The summed E-state index contributed by atoms with van der Waals surface area (Å²) in [6.45, 7) is 6.32. The molecule has 1 N–H and O–H groups in total. The first kappa shape index (κ1) is 25.4. The normalized spacial score (nSPS) is 15.6. The number of ether oxygens (including phenoxy) is 1. The molecule has 0 saturated carbocycles. The highest BCUT2D eigenvalue weighted by molar-refractivity contribution is 6.43. The molecule has 1 saturated heterocycles. The third kappa shape index (κ3) is 6.80. The third-order valence-electron chi connectivity index (χ3n) is 4.60. The van der Waals surface area contributed by atoms with Crippen molar-refractivity contribution in [1.29, 1.82) is 0 Å². The molecule has 1 aromatic heterocycles. The number of amides is 1. The molecule has 0 aliphatic carbocycles. The molecule has 31 heavy (non-hydrogen) atoms. The quantitative estimate of drug-likeness (QED) is 0.639. The average Bonchev–Trinajstić information content (AvgIpc) is 2.77. The molecular formula is C21H24Cl2F3N3O2. The van der Waals surface area contributed by atoms with Gasteiger partial charge in [-0.25, -0.2) is 0 Å². The fourth-order valence-corrected chi connectivity index (χ4v) is 3.47. The zero-order valence-electron chi connectivity index (χ0n) is 17.2. The number of hydrogen-bond donors (Lipinski definition) is 1. The summed E-state index contributed by atoms with van der Waals surface area (Å²) in [5.74, 6) is -0.421. The van der Waals surface area contributed by atoms with Gasteiger partial charge in [-0.05, 0) is 23.8 Å². The number of carbonyl (C=O) groups excluding carboxylic acids is 1. The van der Waals surface area contributed by atoms with Gasteiger partial charge >= 0.3 is 6.18 Å². The standard InChI is InChI=1S/C19H18Cl2F3N3O2.C2H6/c20-14-3-1-2-13(17(14)21)18(28)26-11-15(27-6-8-29-9-7-27)12-4-5-16(25-10-12)19(22,23)24;1-2/h1-5,10,15H,6-9,11H2,(H,26,28);1-2H3. The highest BCUT2D eigenvalue weighted by Crippen LogP contribution is 2.29. The Morgan fingerprint density at radius 1 is 1.19 bits per heavy atom. The van der Waals surface area contributed by atoms with Crippen molar-refractivity contribution in [2.45, 2.75) is 26.1 Å². The van der Waals surface area contributed by atoms with Gasteiger partial charge in [0.1, 0.15) is 5.69 Å². The predicted octanol–water partition coefficient (Wildman–Crippen LogP) is 5.24. The highest BCUT2D eigenvalue weighted by atomic mass is 35.5. The lowest BCUT2D eigenvalue weighted by atomic mass is 10.1. The molecular weight excluding hydrogens is 454 g/mol. The lowest BCUT2D eigenvalue weighted by Crippen LogP contribution is -2.44. The number of nitrogens with one attached hydrogen (secondary N) is 1. The van der Waals surface area contributed by atoms with Crippen LogP contribution >= 0.6 is 23.2 Å². The van der Waals surface area contributed by atoms with Crippen molar-refractivity contribution in [2.75, 3.05) is 32.8 Å². The van der Waals surface area contributed by atoms with Crippen molar-refractivity contribution in [1.82, 2.24) is 15.2 Å². The lowest BCUT2D eigenvalue weighted by molar-refractivity contribution is -0.141. The number of rotatable bonds is 5. The lowest BCUT2D eigenvalue weighted by Gasteiger charge is -2.34. The average molecular weight is 478 g/mol. The van der Waals surface area contributed by atoms with Crippen LogP contribution in [-0.4, -0.2) is 48.6 Å². The molecule has 3 rings (SSSR count). The Morgan fingerprint density at radius 2 is 1.87 bits per heavy atom. The number of nitrogens with zero attached hydrogens (tertiary/aromatic N) is 2. The summed E-state index contributed by atoms with van der Waals surface area (Å²) >= 11 is 12.0. The molecule has 2 aromatic rings. The van der Waals surface area contributed by atoms with E-state index in [1.54, 1.807) is 18.2 Å². The monoisotopic (exact) mass is 477 g/mol. The van der Waals surface area contributed by atoms with Crippen LogP contribution in [0.25, 0.3) is 0 Å². The van der Waals surface area contributed by atoms with Gasteiger partial charge in [-0.2, -0.15) is 13.2 Å². The van der Waals surface area contributed by atoms with Crippen LogP contribution in [0.5, 0.6) is 0 Å². The summed E-state index contributed by atoms with van der Waals surface area (Å²) in [5, 5.41) is 3.20. The number of benzene rings is 1. The molecule has 1 aliphatic heterocycles. The van der Waals surface area contributed by atoms with Crippen molar-refractivity contribution in [3.05, 3.63) is 63.4 Å². The van der Waals surface area contributed by atoms with Crippen LogP contribution < -0.4 is 5.32 Å². The maximum absolute atomic E-state index is 12.8. The van der Waals surface area contributed by atoms with Crippen LogP contribution in [0, 0.1) is 0 Å². The summed E-state index contributed by atoms with van der Waals surface area (Å²) in [4.78, 5) is 18.1. The van der Waals surface area contributed by atoms with E-state index in [0.29, 0.717) is 31.9 Å². The van der Waals surface area contributed by atoms with Crippen molar-refractivity contribution in [3.63, 3.8) is 0 Å². The van der Waals surface area contributed by atoms with Crippen LogP contribution in [-0.2, 0) is 10.9 Å². The van der Waals surface area contributed by atoms with E-state index in [-0.39, 0.29) is 28.2 Å². The number of morpholine rings is 1. The van der Waals surface area contributed by atoms with E-state index in [4.69, 9.17) is 27.9 Å². The second-order valence-corrected chi connectivity index (χ2v) is 7.24. The molecule has 1 aromatic carbocycles. The van der Waals surface area contributed by atoms with Gasteiger partial charge in [0.2, 0.25) is 0 Å². The first-order chi connectivity index (χ1) is 14.8. The smallest absolute Gasteiger partial charge is 0.379 e. The van der Waals surface area contributed by atoms with E-state index in [0.717, 1.165) is 6.07 Å². The summed E-state index contributed by atoms with van der Waals surface area (Å²) < 4.78 is 43.8. The van der Waals surface area contributed by atoms with Gasteiger partial charge in [-0.15, -0.1) is 0 Å². The van der Waals surface area contributed by atoms with Crippen molar-refractivity contribution >= 4 is 29.1 Å². The Morgan fingerprint density at radius 3 is 2.45 bits per heavy atom. The summed E-state index contributed by atoms with van der Waals surface area (Å²) in [7, 11) is 0. The Bertz CT molecular complexity index is 858. The fourth-order valence-electron chi connectivity index (χ4n) is 3.08. The van der Waals surface area contributed by atoms with Gasteiger partial charge in [-0.3, -0.25) is 14.7 Å². The van der Waals surface area contributed by atoms with E-state index in [2.05, 4.69) is 10.3 Å².